The molecule has 0 radical (unpaired) electrons. The zero-order valence-electron chi connectivity index (χ0n) is 13.7. The summed E-state index contributed by atoms with van der Waals surface area (Å²) in [6.07, 6.45) is 1.68. The first-order valence-corrected chi connectivity index (χ1v) is 10.1. The van der Waals surface area contributed by atoms with E-state index >= 15 is 0 Å². The van der Waals surface area contributed by atoms with Crippen LogP contribution >= 0.6 is 22.7 Å². The number of nitrogens with zero attached hydrogens (tertiary/aromatic N) is 1. The molecule has 2 aromatic heterocycles. The van der Waals surface area contributed by atoms with Crippen molar-refractivity contribution in [3.63, 3.8) is 0 Å². The molecule has 0 saturated heterocycles. The third-order valence-corrected chi connectivity index (χ3v) is 6.59. The van der Waals surface area contributed by atoms with Crippen LogP contribution in [0.15, 0.2) is 53.2 Å². The number of carbonyl (C=O) groups excluding carboxylic acids is 1. The lowest BCUT2D eigenvalue weighted by atomic mass is 9.97. The number of amides is 1. The second kappa shape index (κ2) is 7.10. The molecular weight excluding hydrogens is 353 g/mol. The molecule has 0 spiro atoms. The molecule has 1 aromatic carbocycles. The Kier molecular flexibility index (Phi) is 4.68. The van der Waals surface area contributed by atoms with E-state index in [-0.39, 0.29) is 17.8 Å². The van der Waals surface area contributed by atoms with E-state index in [1.165, 1.54) is 21.4 Å². The molecule has 4 rings (SSSR count). The lowest BCUT2D eigenvalue weighted by molar-refractivity contribution is -0.133. The van der Waals surface area contributed by atoms with Gasteiger partial charge in [0.1, 0.15) is 5.82 Å². The van der Waals surface area contributed by atoms with Crippen LogP contribution < -0.4 is 0 Å². The summed E-state index contributed by atoms with van der Waals surface area (Å²) in [5.41, 5.74) is 1.86. The van der Waals surface area contributed by atoms with E-state index in [1.807, 2.05) is 17.0 Å². The van der Waals surface area contributed by atoms with Crippen molar-refractivity contribution in [2.75, 3.05) is 6.54 Å². The predicted octanol–water partition coefficient (Wildman–Crippen LogP) is 5.06. The van der Waals surface area contributed by atoms with Crippen molar-refractivity contribution < 1.29 is 9.18 Å². The molecule has 0 N–H and O–H groups in total. The van der Waals surface area contributed by atoms with Crippen LogP contribution in [0.2, 0.25) is 0 Å². The fraction of sp³-hybridized carbons (Fsp3) is 0.250. The Bertz CT molecular complexity index is 871. The highest BCUT2D eigenvalue weighted by Gasteiger charge is 2.33. The molecule has 0 saturated carbocycles. The summed E-state index contributed by atoms with van der Waals surface area (Å²) in [6, 6.07) is 13.0. The Morgan fingerprint density at radius 1 is 1.12 bits per heavy atom. The zero-order chi connectivity index (χ0) is 17.2. The lowest BCUT2D eigenvalue weighted by Crippen LogP contribution is -2.39. The first kappa shape index (κ1) is 16.5. The second-order valence-corrected chi connectivity index (χ2v) is 8.13. The van der Waals surface area contributed by atoms with Crippen molar-refractivity contribution >= 4 is 28.6 Å². The fourth-order valence-electron chi connectivity index (χ4n) is 3.43. The maximum absolute atomic E-state index is 13.8. The van der Waals surface area contributed by atoms with Gasteiger partial charge in [-0.15, -0.1) is 22.7 Å². The number of aryl methyl sites for hydroxylation is 1. The van der Waals surface area contributed by atoms with Gasteiger partial charge in [-0.1, -0.05) is 24.3 Å². The number of hydrogen-bond acceptors (Lipinski definition) is 3. The molecule has 2 nitrogen and oxygen atoms in total. The summed E-state index contributed by atoms with van der Waals surface area (Å²) >= 11 is 3.45. The molecule has 1 amide bonds. The Hall–Kier alpha value is -1.98. The summed E-state index contributed by atoms with van der Waals surface area (Å²) < 4.78 is 13.8. The van der Waals surface area contributed by atoms with Gasteiger partial charge in [0.25, 0.3) is 0 Å². The predicted molar refractivity (Wildman–Crippen MR) is 101 cm³/mol. The molecule has 1 atom stereocenters. The highest BCUT2D eigenvalue weighted by atomic mass is 32.1. The summed E-state index contributed by atoms with van der Waals surface area (Å²) in [6.45, 7) is 0.728. The molecular formula is C20H18FNOS2. The van der Waals surface area contributed by atoms with E-state index < -0.39 is 0 Å². The van der Waals surface area contributed by atoms with E-state index in [4.69, 9.17) is 0 Å². The molecule has 128 valence electrons. The summed E-state index contributed by atoms with van der Waals surface area (Å²) in [5.74, 6) is -0.137. The molecule has 0 aliphatic carbocycles. The average molecular weight is 372 g/mol. The molecule has 3 aromatic rings. The smallest absolute Gasteiger partial charge is 0.223 e. The number of thiophene rings is 2. The van der Waals surface area contributed by atoms with Crippen LogP contribution in [0.3, 0.4) is 0 Å². The summed E-state index contributed by atoms with van der Waals surface area (Å²) in [5, 5.41) is 4.16. The van der Waals surface area contributed by atoms with Gasteiger partial charge < -0.3 is 4.90 Å². The quantitative estimate of drug-likeness (QED) is 0.628. The summed E-state index contributed by atoms with van der Waals surface area (Å²) in [4.78, 5) is 17.5. The summed E-state index contributed by atoms with van der Waals surface area (Å²) in [7, 11) is 0. The van der Waals surface area contributed by atoms with Gasteiger partial charge in [-0.2, -0.15) is 0 Å². The van der Waals surface area contributed by atoms with Gasteiger partial charge in [-0.3, -0.25) is 4.79 Å². The van der Waals surface area contributed by atoms with Crippen molar-refractivity contribution in [2.24, 2.45) is 0 Å². The lowest BCUT2D eigenvalue weighted by Gasteiger charge is -2.35. The van der Waals surface area contributed by atoms with E-state index in [0.29, 0.717) is 18.4 Å². The Morgan fingerprint density at radius 3 is 2.80 bits per heavy atom. The standard InChI is InChI=1S/C20H18FNOS2/c21-16-5-2-1-4-14(16)7-8-19(23)22-11-9-17-15(10-13-25-17)20(22)18-6-3-12-24-18/h1-6,10,12-13,20H,7-9,11H2/t20-/m1/s1. The van der Waals surface area contributed by atoms with Crippen molar-refractivity contribution in [3.05, 3.63) is 79.9 Å². The van der Waals surface area contributed by atoms with Crippen LogP contribution in [0.25, 0.3) is 0 Å². The zero-order valence-corrected chi connectivity index (χ0v) is 15.3. The highest BCUT2D eigenvalue weighted by Crippen LogP contribution is 2.39. The van der Waals surface area contributed by atoms with Gasteiger partial charge in [0.05, 0.1) is 6.04 Å². The largest absolute Gasteiger partial charge is 0.330 e. The number of benzene rings is 1. The van der Waals surface area contributed by atoms with Gasteiger partial charge in [-0.25, -0.2) is 4.39 Å². The minimum absolute atomic E-state index is 0.00289. The van der Waals surface area contributed by atoms with Crippen LogP contribution in [0.1, 0.15) is 33.3 Å². The molecule has 0 unspecified atom stereocenters. The highest BCUT2D eigenvalue weighted by molar-refractivity contribution is 7.10. The van der Waals surface area contributed by atoms with Crippen LogP contribution in [0.5, 0.6) is 0 Å². The van der Waals surface area contributed by atoms with E-state index in [2.05, 4.69) is 22.9 Å². The number of halogens is 1. The number of carbonyl (C=O) groups is 1. The van der Waals surface area contributed by atoms with Gasteiger partial charge in [-0.05, 0) is 52.9 Å². The molecule has 1 aliphatic rings. The SMILES string of the molecule is O=C(CCc1ccccc1F)N1CCc2sccc2[C@@H]1c1cccs1. The van der Waals surface area contributed by atoms with Gasteiger partial charge in [0.2, 0.25) is 5.91 Å². The topological polar surface area (TPSA) is 20.3 Å². The molecule has 0 fully saturated rings. The van der Waals surface area contributed by atoms with Crippen molar-refractivity contribution in [1.29, 1.82) is 0 Å². The van der Waals surface area contributed by atoms with Gasteiger partial charge in [0.15, 0.2) is 0 Å². The Balaban J connectivity index is 1.56. The minimum Gasteiger partial charge on any atom is -0.330 e. The molecule has 0 bridgehead atoms. The Labute approximate surface area is 154 Å². The second-order valence-electron chi connectivity index (χ2n) is 6.15. The van der Waals surface area contributed by atoms with Gasteiger partial charge in [0, 0.05) is 22.7 Å². The number of rotatable bonds is 4. The maximum atomic E-state index is 13.8. The Morgan fingerprint density at radius 2 is 2.00 bits per heavy atom. The van der Waals surface area contributed by atoms with E-state index in [9.17, 15) is 9.18 Å². The van der Waals surface area contributed by atoms with Crippen LogP contribution in [-0.2, 0) is 17.6 Å². The monoisotopic (exact) mass is 371 g/mol. The van der Waals surface area contributed by atoms with Crippen molar-refractivity contribution in [3.8, 4) is 0 Å². The third kappa shape index (κ3) is 3.26. The first-order chi connectivity index (χ1) is 12.2. The normalized spacial score (nSPS) is 16.7. The first-order valence-electron chi connectivity index (χ1n) is 8.36. The number of hydrogen-bond donors (Lipinski definition) is 0. The molecule has 3 heterocycles. The van der Waals surface area contributed by atoms with Crippen molar-refractivity contribution in [2.45, 2.75) is 25.3 Å². The third-order valence-electron chi connectivity index (χ3n) is 4.66. The van der Waals surface area contributed by atoms with Crippen LogP contribution in [0, 0.1) is 5.82 Å². The van der Waals surface area contributed by atoms with Crippen molar-refractivity contribution in [1.82, 2.24) is 4.90 Å². The van der Waals surface area contributed by atoms with E-state index in [0.717, 1.165) is 13.0 Å². The average Bonchev–Trinajstić information content (AvgIpc) is 3.31. The minimum atomic E-state index is -0.233. The van der Waals surface area contributed by atoms with Crippen LogP contribution in [-0.4, -0.2) is 17.4 Å². The number of fused-ring (bicyclic) bond motifs is 1. The molecule has 1 aliphatic heterocycles. The fourth-order valence-corrected chi connectivity index (χ4v) is 5.18. The van der Waals surface area contributed by atoms with Crippen LogP contribution in [0.4, 0.5) is 4.39 Å². The van der Waals surface area contributed by atoms with Gasteiger partial charge >= 0.3 is 0 Å². The molecule has 5 heteroatoms. The van der Waals surface area contributed by atoms with E-state index in [1.54, 1.807) is 34.8 Å². The molecule has 25 heavy (non-hydrogen) atoms. The maximum Gasteiger partial charge on any atom is 0.223 e.